The Balaban J connectivity index is 1.61. The van der Waals surface area contributed by atoms with Crippen molar-refractivity contribution in [3.8, 4) is 17.1 Å². The summed E-state index contributed by atoms with van der Waals surface area (Å²) >= 11 is 5.83. The molecule has 1 aliphatic rings. The van der Waals surface area contributed by atoms with Gasteiger partial charge >= 0.3 is 6.18 Å². The first-order valence-electron chi connectivity index (χ1n) is 9.31. The normalized spacial score (nSPS) is 14.5. The minimum absolute atomic E-state index is 0.0911. The van der Waals surface area contributed by atoms with Crippen molar-refractivity contribution in [1.82, 2.24) is 14.9 Å². The van der Waals surface area contributed by atoms with E-state index in [9.17, 15) is 27.5 Å². The van der Waals surface area contributed by atoms with Crippen molar-refractivity contribution in [3.63, 3.8) is 0 Å². The SMILES string of the molecule is O=c1[nH]c(-c2ccc(C(F)(F)F)cc2)nc2c1CCN(Cc1cc(F)cc(Cl)c1O)C2. The fraction of sp³-hybridized carbons (Fsp3) is 0.238. The van der Waals surface area contributed by atoms with Gasteiger partial charge in [0.1, 0.15) is 17.4 Å². The number of halogens is 5. The zero-order chi connectivity index (χ0) is 22.3. The fourth-order valence-corrected chi connectivity index (χ4v) is 3.79. The van der Waals surface area contributed by atoms with Gasteiger partial charge in [0.15, 0.2) is 0 Å². The highest BCUT2D eigenvalue weighted by Gasteiger charge is 2.30. The third kappa shape index (κ3) is 4.42. The van der Waals surface area contributed by atoms with Gasteiger partial charge in [-0.2, -0.15) is 13.2 Å². The van der Waals surface area contributed by atoms with E-state index in [1.54, 1.807) is 0 Å². The number of benzene rings is 2. The van der Waals surface area contributed by atoms with Crippen LogP contribution in [-0.4, -0.2) is 26.5 Å². The molecule has 0 bridgehead atoms. The number of aromatic nitrogens is 2. The van der Waals surface area contributed by atoms with Crippen LogP contribution in [-0.2, 0) is 25.7 Å². The van der Waals surface area contributed by atoms with Crippen LogP contribution in [0.1, 0.15) is 22.4 Å². The summed E-state index contributed by atoms with van der Waals surface area (Å²) in [4.78, 5) is 21.4. The van der Waals surface area contributed by atoms with E-state index in [-0.39, 0.29) is 35.2 Å². The molecule has 3 aromatic rings. The average Bonchev–Trinajstić information content (AvgIpc) is 2.71. The Kier molecular flexibility index (Phi) is 5.49. The monoisotopic (exact) mass is 453 g/mol. The molecule has 0 saturated carbocycles. The first-order chi connectivity index (χ1) is 14.6. The van der Waals surface area contributed by atoms with E-state index >= 15 is 0 Å². The van der Waals surface area contributed by atoms with Crippen molar-refractivity contribution in [2.75, 3.05) is 6.54 Å². The van der Waals surface area contributed by atoms with Gasteiger partial charge in [-0.3, -0.25) is 9.69 Å². The van der Waals surface area contributed by atoms with Gasteiger partial charge in [0.2, 0.25) is 0 Å². The molecular formula is C21H16ClF4N3O2. The van der Waals surface area contributed by atoms with Gasteiger partial charge in [-0.15, -0.1) is 0 Å². The number of hydrogen-bond donors (Lipinski definition) is 2. The molecule has 1 aliphatic heterocycles. The third-order valence-corrected chi connectivity index (χ3v) is 5.43. The van der Waals surface area contributed by atoms with Crippen molar-refractivity contribution in [2.24, 2.45) is 0 Å². The Hall–Kier alpha value is -2.91. The molecule has 0 unspecified atom stereocenters. The number of aromatic amines is 1. The molecule has 162 valence electrons. The highest BCUT2D eigenvalue weighted by molar-refractivity contribution is 6.32. The van der Waals surface area contributed by atoms with E-state index in [0.29, 0.717) is 35.3 Å². The third-order valence-electron chi connectivity index (χ3n) is 5.14. The van der Waals surface area contributed by atoms with Crippen molar-refractivity contribution < 1.29 is 22.7 Å². The number of hydrogen-bond acceptors (Lipinski definition) is 4. The van der Waals surface area contributed by atoms with Gasteiger partial charge in [-0.1, -0.05) is 23.7 Å². The summed E-state index contributed by atoms with van der Waals surface area (Å²) < 4.78 is 52.0. The van der Waals surface area contributed by atoms with Crippen molar-refractivity contribution >= 4 is 11.6 Å². The van der Waals surface area contributed by atoms with Crippen LogP contribution in [0.25, 0.3) is 11.4 Å². The predicted molar refractivity (Wildman–Crippen MR) is 106 cm³/mol. The van der Waals surface area contributed by atoms with Crippen LogP contribution in [0.2, 0.25) is 5.02 Å². The number of alkyl halides is 3. The van der Waals surface area contributed by atoms with Crippen LogP contribution >= 0.6 is 11.6 Å². The molecule has 4 rings (SSSR count). The van der Waals surface area contributed by atoms with Crippen molar-refractivity contribution in [3.05, 3.63) is 80.0 Å². The number of nitrogens with zero attached hydrogens (tertiary/aromatic N) is 2. The van der Waals surface area contributed by atoms with Crippen molar-refractivity contribution in [2.45, 2.75) is 25.7 Å². The van der Waals surface area contributed by atoms with Crippen LogP contribution < -0.4 is 5.56 Å². The zero-order valence-corrected chi connectivity index (χ0v) is 16.7. The fourth-order valence-electron chi connectivity index (χ4n) is 3.56. The minimum atomic E-state index is -4.46. The molecule has 10 heteroatoms. The molecule has 0 radical (unpaired) electrons. The van der Waals surface area contributed by atoms with E-state index in [0.717, 1.165) is 18.2 Å². The Labute approximate surface area is 178 Å². The molecule has 0 spiro atoms. The van der Waals surface area contributed by atoms with Crippen LogP contribution in [0, 0.1) is 5.82 Å². The number of aromatic hydroxyl groups is 1. The highest BCUT2D eigenvalue weighted by Crippen LogP contribution is 2.32. The van der Waals surface area contributed by atoms with Gasteiger partial charge < -0.3 is 10.1 Å². The average molecular weight is 454 g/mol. The Morgan fingerprint density at radius 3 is 2.58 bits per heavy atom. The number of fused-ring (bicyclic) bond motifs is 1. The largest absolute Gasteiger partial charge is 0.506 e. The topological polar surface area (TPSA) is 69.2 Å². The summed E-state index contributed by atoms with van der Waals surface area (Å²) in [5.74, 6) is -0.622. The molecule has 2 heterocycles. The lowest BCUT2D eigenvalue weighted by atomic mass is 10.0. The van der Waals surface area contributed by atoms with E-state index in [2.05, 4.69) is 9.97 Å². The lowest BCUT2D eigenvalue weighted by molar-refractivity contribution is -0.137. The molecule has 0 aliphatic carbocycles. The van der Waals surface area contributed by atoms with Gasteiger partial charge in [0, 0.05) is 36.3 Å². The Bertz CT molecular complexity index is 1190. The molecule has 31 heavy (non-hydrogen) atoms. The van der Waals surface area contributed by atoms with Gasteiger partial charge in [0.05, 0.1) is 16.3 Å². The highest BCUT2D eigenvalue weighted by atomic mass is 35.5. The molecule has 0 amide bonds. The second-order valence-corrected chi connectivity index (χ2v) is 7.68. The summed E-state index contributed by atoms with van der Waals surface area (Å²) in [7, 11) is 0. The van der Waals surface area contributed by atoms with Crippen LogP contribution in [0.5, 0.6) is 5.75 Å². The number of H-pyrrole nitrogens is 1. The first kappa shape index (κ1) is 21.3. The molecule has 2 N–H and O–H groups in total. The van der Waals surface area contributed by atoms with E-state index in [1.807, 2.05) is 4.90 Å². The summed E-state index contributed by atoms with van der Waals surface area (Å²) in [6.07, 6.45) is -4.07. The summed E-state index contributed by atoms with van der Waals surface area (Å²) in [6.45, 7) is 0.915. The minimum Gasteiger partial charge on any atom is -0.506 e. The number of phenols is 1. The van der Waals surface area contributed by atoms with E-state index in [4.69, 9.17) is 11.6 Å². The van der Waals surface area contributed by atoms with Crippen molar-refractivity contribution in [1.29, 1.82) is 0 Å². The first-order valence-corrected chi connectivity index (χ1v) is 9.68. The second kappa shape index (κ2) is 7.97. The lowest BCUT2D eigenvalue weighted by Gasteiger charge is -2.28. The zero-order valence-electron chi connectivity index (χ0n) is 15.9. The summed E-state index contributed by atoms with van der Waals surface area (Å²) in [5, 5.41) is 10.00. The molecular weight excluding hydrogens is 438 g/mol. The van der Waals surface area contributed by atoms with Crippen LogP contribution in [0.15, 0.2) is 41.2 Å². The summed E-state index contributed by atoms with van der Waals surface area (Å²) in [5.41, 5.74) is 0.480. The Morgan fingerprint density at radius 1 is 1.19 bits per heavy atom. The maximum absolute atomic E-state index is 13.7. The lowest BCUT2D eigenvalue weighted by Crippen LogP contribution is -2.35. The maximum Gasteiger partial charge on any atom is 0.416 e. The maximum atomic E-state index is 13.7. The Morgan fingerprint density at radius 2 is 1.90 bits per heavy atom. The number of phenolic OH excluding ortho intramolecular Hbond substituents is 1. The quantitative estimate of drug-likeness (QED) is 0.572. The smallest absolute Gasteiger partial charge is 0.416 e. The summed E-state index contributed by atoms with van der Waals surface area (Å²) in [6, 6.07) is 6.57. The van der Waals surface area contributed by atoms with Gasteiger partial charge in [-0.05, 0) is 30.7 Å². The second-order valence-electron chi connectivity index (χ2n) is 7.27. The molecule has 0 atom stereocenters. The van der Waals surface area contributed by atoms with E-state index < -0.39 is 17.6 Å². The molecule has 5 nitrogen and oxygen atoms in total. The van der Waals surface area contributed by atoms with Gasteiger partial charge in [-0.25, -0.2) is 9.37 Å². The van der Waals surface area contributed by atoms with Crippen LogP contribution in [0.4, 0.5) is 17.6 Å². The standard InChI is InChI=1S/C21H16ClF4N3O2/c22-16-8-14(23)7-12(18(16)30)9-29-6-5-15-17(10-29)27-19(28-20(15)31)11-1-3-13(4-2-11)21(24,25)26/h1-4,7-8,30H,5-6,9-10H2,(H,27,28,31). The number of nitrogens with one attached hydrogen (secondary N) is 1. The molecule has 0 saturated heterocycles. The van der Waals surface area contributed by atoms with Gasteiger partial charge in [0.25, 0.3) is 5.56 Å². The molecule has 2 aromatic carbocycles. The van der Waals surface area contributed by atoms with E-state index in [1.165, 1.54) is 18.2 Å². The molecule has 1 aromatic heterocycles. The number of rotatable bonds is 3. The molecule has 0 fully saturated rings. The van der Waals surface area contributed by atoms with Crippen LogP contribution in [0.3, 0.4) is 0 Å². The predicted octanol–water partition coefficient (Wildman–Crippen LogP) is 4.51.